The predicted molar refractivity (Wildman–Crippen MR) is 112 cm³/mol. The van der Waals surface area contributed by atoms with Crippen LogP contribution in [-0.2, 0) is 0 Å². The van der Waals surface area contributed by atoms with Crippen LogP contribution >= 0.6 is 0 Å². The van der Waals surface area contributed by atoms with Crippen LogP contribution in [-0.4, -0.2) is 43.0 Å². The summed E-state index contributed by atoms with van der Waals surface area (Å²) in [5.41, 5.74) is 0.0696. The Morgan fingerprint density at radius 2 is 2.00 bits per heavy atom. The van der Waals surface area contributed by atoms with Gasteiger partial charge in [-0.1, -0.05) is 12.1 Å². The minimum atomic E-state index is -4.67. The summed E-state index contributed by atoms with van der Waals surface area (Å²) in [6, 6.07) is 8.92. The first-order chi connectivity index (χ1) is 15.2. The van der Waals surface area contributed by atoms with E-state index in [0.717, 1.165) is 12.3 Å². The number of hydrogen-bond acceptors (Lipinski definition) is 7. The number of aliphatic hydroxyl groups excluding tert-OH is 1. The number of alkyl halides is 3. The van der Waals surface area contributed by atoms with Gasteiger partial charge < -0.3 is 10.4 Å². The molecule has 0 saturated carbocycles. The molecule has 11 heteroatoms. The molecular weight excluding hydrogens is 428 g/mol. The molecule has 4 rings (SSSR count). The average molecular weight is 446 g/mol. The standard InChI is InChI=1S/C21H18F4N6O/c1-11(21(23,24)25)27-19-29-18(14-5-2-6-16(32)17(14)22)30-20(31-19)28-13-8-7-12-4-3-9-26-15(12)10-13/h3-4,7-10,16,32H,2,5-6H2,1H3,(H,28,29,30,31). The summed E-state index contributed by atoms with van der Waals surface area (Å²) in [5.74, 6) is -1.61. The van der Waals surface area contributed by atoms with E-state index in [1.54, 1.807) is 30.5 Å². The third kappa shape index (κ3) is 4.72. The fourth-order valence-electron chi connectivity index (χ4n) is 3.23. The van der Waals surface area contributed by atoms with Crippen LogP contribution in [0.4, 0.5) is 35.1 Å². The van der Waals surface area contributed by atoms with Crippen molar-refractivity contribution in [1.29, 1.82) is 0 Å². The molecule has 0 aliphatic heterocycles. The van der Waals surface area contributed by atoms with Gasteiger partial charge in [0.1, 0.15) is 17.6 Å². The number of aliphatic hydroxyl groups is 1. The molecule has 2 aromatic heterocycles. The second-order valence-electron chi connectivity index (χ2n) is 7.25. The van der Waals surface area contributed by atoms with E-state index in [2.05, 4.69) is 30.2 Å². The van der Waals surface area contributed by atoms with Gasteiger partial charge in [-0.05, 0) is 44.4 Å². The van der Waals surface area contributed by atoms with Crippen molar-refractivity contribution in [1.82, 2.24) is 19.9 Å². The van der Waals surface area contributed by atoms with Crippen molar-refractivity contribution in [2.24, 2.45) is 4.99 Å². The highest BCUT2D eigenvalue weighted by Gasteiger charge is 2.32. The van der Waals surface area contributed by atoms with Crippen molar-refractivity contribution in [3.8, 4) is 0 Å². The minimum absolute atomic E-state index is 0.0236. The van der Waals surface area contributed by atoms with Gasteiger partial charge in [-0.25, -0.2) is 9.38 Å². The molecule has 0 fully saturated rings. The fraction of sp³-hybridized carbons (Fsp3) is 0.286. The van der Waals surface area contributed by atoms with Crippen molar-refractivity contribution < 1.29 is 22.7 Å². The normalized spacial score (nSPS) is 17.7. The molecule has 1 atom stereocenters. The number of allylic oxidation sites excluding steroid dienone is 1. The predicted octanol–water partition coefficient (Wildman–Crippen LogP) is 5.04. The van der Waals surface area contributed by atoms with Crippen LogP contribution in [0.25, 0.3) is 16.5 Å². The number of aliphatic imine (C=N–C) groups is 1. The Bertz CT molecular complexity index is 1220. The molecule has 0 bridgehead atoms. The van der Waals surface area contributed by atoms with Crippen LogP contribution in [0.2, 0.25) is 0 Å². The number of aromatic nitrogens is 4. The Morgan fingerprint density at radius 1 is 1.19 bits per heavy atom. The number of halogens is 4. The maximum absolute atomic E-state index is 14.5. The molecule has 1 aliphatic carbocycles. The summed E-state index contributed by atoms with van der Waals surface area (Å²) in [7, 11) is 0. The third-order valence-corrected chi connectivity index (χ3v) is 4.92. The molecular formula is C21H18F4N6O. The molecule has 3 aromatic rings. The van der Waals surface area contributed by atoms with Gasteiger partial charge >= 0.3 is 6.18 Å². The Balaban J connectivity index is 1.78. The lowest BCUT2D eigenvalue weighted by molar-refractivity contribution is -0.0591. The van der Waals surface area contributed by atoms with E-state index in [1.165, 1.54) is 0 Å². The SMILES string of the molecule is CC(=Nc1nc(Nc2ccc3cccnc3c2)nc(C2=C(F)C(O)CCC2)n1)C(F)(F)F. The van der Waals surface area contributed by atoms with Gasteiger partial charge in [0, 0.05) is 22.8 Å². The smallest absolute Gasteiger partial charge is 0.386 e. The van der Waals surface area contributed by atoms with E-state index in [0.29, 0.717) is 17.6 Å². The van der Waals surface area contributed by atoms with Crippen LogP contribution in [0.5, 0.6) is 0 Å². The largest absolute Gasteiger partial charge is 0.429 e. The second-order valence-corrected chi connectivity index (χ2v) is 7.25. The van der Waals surface area contributed by atoms with E-state index >= 15 is 0 Å². The topological polar surface area (TPSA) is 96.2 Å². The maximum atomic E-state index is 14.5. The summed E-state index contributed by atoms with van der Waals surface area (Å²) >= 11 is 0. The van der Waals surface area contributed by atoms with Crippen molar-refractivity contribution in [2.45, 2.75) is 38.5 Å². The average Bonchev–Trinajstić information content (AvgIpc) is 2.75. The number of nitrogens with one attached hydrogen (secondary N) is 1. The van der Waals surface area contributed by atoms with E-state index in [4.69, 9.17) is 0 Å². The second kappa shape index (κ2) is 8.58. The number of hydrogen-bond donors (Lipinski definition) is 2. The van der Waals surface area contributed by atoms with Crippen LogP contribution in [0.1, 0.15) is 32.0 Å². The minimum Gasteiger partial charge on any atom is -0.386 e. The molecule has 0 spiro atoms. The summed E-state index contributed by atoms with van der Waals surface area (Å²) < 4.78 is 53.4. The summed E-state index contributed by atoms with van der Waals surface area (Å²) in [6.07, 6.45) is -3.39. The highest BCUT2D eigenvalue weighted by molar-refractivity contribution is 5.89. The van der Waals surface area contributed by atoms with Gasteiger partial charge in [0.05, 0.1) is 5.52 Å². The van der Waals surface area contributed by atoms with Gasteiger partial charge in [0.25, 0.3) is 5.95 Å². The van der Waals surface area contributed by atoms with Gasteiger partial charge in [-0.15, -0.1) is 0 Å². The summed E-state index contributed by atoms with van der Waals surface area (Å²) in [5, 5.41) is 13.6. The van der Waals surface area contributed by atoms with Crippen LogP contribution in [0.3, 0.4) is 0 Å². The first kappa shape index (κ1) is 21.8. The fourth-order valence-corrected chi connectivity index (χ4v) is 3.23. The van der Waals surface area contributed by atoms with Crippen LogP contribution in [0.15, 0.2) is 47.3 Å². The van der Waals surface area contributed by atoms with Crippen molar-refractivity contribution >= 4 is 39.8 Å². The van der Waals surface area contributed by atoms with E-state index in [1.807, 2.05) is 6.07 Å². The molecule has 1 unspecified atom stereocenters. The van der Waals surface area contributed by atoms with Gasteiger partial charge in [0.15, 0.2) is 5.82 Å². The zero-order valence-electron chi connectivity index (χ0n) is 16.9. The molecule has 2 heterocycles. The van der Waals surface area contributed by atoms with Crippen molar-refractivity contribution in [2.75, 3.05) is 5.32 Å². The highest BCUT2D eigenvalue weighted by atomic mass is 19.4. The van der Waals surface area contributed by atoms with Crippen LogP contribution in [0, 0.1) is 0 Å². The van der Waals surface area contributed by atoms with E-state index < -0.39 is 29.8 Å². The molecule has 32 heavy (non-hydrogen) atoms. The molecule has 2 N–H and O–H groups in total. The number of nitrogens with zero attached hydrogens (tertiary/aromatic N) is 5. The molecule has 0 saturated heterocycles. The quantitative estimate of drug-likeness (QED) is 0.430. The number of rotatable bonds is 4. The van der Waals surface area contributed by atoms with Gasteiger partial charge in [0.2, 0.25) is 5.95 Å². The Morgan fingerprint density at radius 3 is 2.78 bits per heavy atom. The maximum Gasteiger partial charge on any atom is 0.429 e. The van der Waals surface area contributed by atoms with Crippen LogP contribution < -0.4 is 5.32 Å². The lowest BCUT2D eigenvalue weighted by atomic mass is 9.96. The number of anilines is 2. The Labute approximate surface area is 180 Å². The molecule has 166 valence electrons. The first-order valence-corrected chi connectivity index (χ1v) is 9.78. The molecule has 0 radical (unpaired) electrons. The third-order valence-electron chi connectivity index (χ3n) is 4.92. The zero-order valence-corrected chi connectivity index (χ0v) is 16.9. The Kier molecular flexibility index (Phi) is 5.83. The molecule has 7 nitrogen and oxygen atoms in total. The van der Waals surface area contributed by atoms with Crippen molar-refractivity contribution in [3.63, 3.8) is 0 Å². The first-order valence-electron chi connectivity index (χ1n) is 9.78. The number of benzene rings is 1. The highest BCUT2D eigenvalue weighted by Crippen LogP contribution is 2.33. The number of pyridine rings is 1. The summed E-state index contributed by atoms with van der Waals surface area (Å²) in [4.78, 5) is 19.7. The number of fused-ring (bicyclic) bond motifs is 1. The Hall–Kier alpha value is -3.47. The lowest BCUT2D eigenvalue weighted by Gasteiger charge is -2.19. The summed E-state index contributed by atoms with van der Waals surface area (Å²) in [6.45, 7) is 0.787. The van der Waals surface area contributed by atoms with E-state index in [9.17, 15) is 22.7 Å². The van der Waals surface area contributed by atoms with Crippen molar-refractivity contribution in [3.05, 3.63) is 48.2 Å². The van der Waals surface area contributed by atoms with E-state index in [-0.39, 0.29) is 30.2 Å². The lowest BCUT2D eigenvalue weighted by Crippen LogP contribution is -2.19. The zero-order chi connectivity index (χ0) is 22.9. The van der Waals surface area contributed by atoms with Gasteiger partial charge in [-0.2, -0.15) is 28.1 Å². The van der Waals surface area contributed by atoms with Gasteiger partial charge in [-0.3, -0.25) is 4.98 Å². The molecule has 1 aliphatic rings. The molecule has 1 aromatic carbocycles. The molecule has 0 amide bonds. The monoisotopic (exact) mass is 446 g/mol.